The van der Waals surface area contributed by atoms with Crippen molar-refractivity contribution in [3.8, 4) is 0 Å². The Hall–Kier alpha value is -2.41. The molecule has 0 aromatic heterocycles. The van der Waals surface area contributed by atoms with Crippen molar-refractivity contribution in [2.45, 2.75) is 0 Å². The first-order valence-electron chi connectivity index (χ1n) is 7.85. The molecule has 0 spiro atoms. The maximum absolute atomic E-state index is 13.9. The highest BCUT2D eigenvalue weighted by Gasteiger charge is 2.24. The van der Waals surface area contributed by atoms with Crippen molar-refractivity contribution in [3.63, 3.8) is 0 Å². The maximum Gasteiger partial charge on any atom is 0.256 e. The van der Waals surface area contributed by atoms with Crippen LogP contribution in [0.2, 0.25) is 0 Å². The Morgan fingerprint density at radius 1 is 1.00 bits per heavy atom. The lowest BCUT2D eigenvalue weighted by Gasteiger charge is -2.36. The quantitative estimate of drug-likeness (QED) is 0.853. The smallest absolute Gasteiger partial charge is 0.256 e. The number of amides is 2. The third kappa shape index (κ3) is 3.82. The van der Waals surface area contributed by atoms with Gasteiger partial charge in [-0.05, 0) is 42.5 Å². The highest BCUT2D eigenvalue weighted by atomic mass is 79.9. The van der Waals surface area contributed by atoms with E-state index in [0.717, 1.165) is 5.69 Å². The molecule has 130 valence electrons. The average molecular weight is 406 g/mol. The molecule has 5 nitrogen and oxygen atoms in total. The van der Waals surface area contributed by atoms with E-state index in [1.54, 1.807) is 23.1 Å². The van der Waals surface area contributed by atoms with E-state index in [1.807, 2.05) is 12.1 Å². The van der Waals surface area contributed by atoms with Crippen LogP contribution < -0.4 is 10.6 Å². The highest BCUT2D eigenvalue weighted by Crippen LogP contribution is 2.20. The van der Waals surface area contributed by atoms with E-state index in [4.69, 9.17) is 5.73 Å². The molecule has 1 saturated heterocycles. The minimum atomic E-state index is -0.516. The zero-order chi connectivity index (χ0) is 18.0. The van der Waals surface area contributed by atoms with Crippen LogP contribution in [0.15, 0.2) is 46.9 Å². The Morgan fingerprint density at radius 3 is 2.24 bits per heavy atom. The number of piperazine rings is 1. The number of hydrogen-bond acceptors (Lipinski definition) is 3. The van der Waals surface area contributed by atoms with E-state index in [2.05, 4.69) is 20.8 Å². The second kappa shape index (κ2) is 7.23. The first kappa shape index (κ1) is 17.4. The fourth-order valence-corrected chi connectivity index (χ4v) is 3.20. The van der Waals surface area contributed by atoms with E-state index in [9.17, 15) is 14.0 Å². The van der Waals surface area contributed by atoms with Crippen LogP contribution in [0, 0.1) is 5.82 Å². The third-order valence-electron chi connectivity index (χ3n) is 4.24. The number of benzene rings is 2. The van der Waals surface area contributed by atoms with Crippen molar-refractivity contribution in [2.24, 2.45) is 5.73 Å². The predicted octanol–water partition coefficient (Wildman–Crippen LogP) is 2.65. The molecule has 0 bridgehead atoms. The van der Waals surface area contributed by atoms with Crippen LogP contribution in [-0.2, 0) is 0 Å². The molecule has 2 aromatic carbocycles. The number of nitrogens with zero attached hydrogens (tertiary/aromatic N) is 2. The SMILES string of the molecule is NC(=O)c1ccc(N2CCN(C(=O)c3cc(Br)ccc3F)CC2)cc1. The van der Waals surface area contributed by atoms with Crippen molar-refractivity contribution in [2.75, 3.05) is 31.1 Å². The molecular weight excluding hydrogens is 389 g/mol. The van der Waals surface area contributed by atoms with Crippen LogP contribution >= 0.6 is 15.9 Å². The maximum atomic E-state index is 13.9. The Balaban J connectivity index is 1.66. The molecule has 1 aliphatic heterocycles. The van der Waals surface area contributed by atoms with Gasteiger partial charge in [0.1, 0.15) is 5.82 Å². The molecule has 0 aliphatic carbocycles. The number of anilines is 1. The molecule has 1 fully saturated rings. The largest absolute Gasteiger partial charge is 0.368 e. The molecule has 1 heterocycles. The van der Waals surface area contributed by atoms with E-state index >= 15 is 0 Å². The van der Waals surface area contributed by atoms with E-state index in [1.165, 1.54) is 12.1 Å². The summed E-state index contributed by atoms with van der Waals surface area (Å²) in [7, 11) is 0. The number of primary amides is 1. The van der Waals surface area contributed by atoms with Crippen LogP contribution in [0.25, 0.3) is 0 Å². The summed E-state index contributed by atoms with van der Waals surface area (Å²) in [5.74, 6) is -1.28. The predicted molar refractivity (Wildman–Crippen MR) is 97.2 cm³/mol. The summed E-state index contributed by atoms with van der Waals surface area (Å²) in [4.78, 5) is 27.4. The van der Waals surface area contributed by atoms with Gasteiger partial charge in [0.05, 0.1) is 5.56 Å². The summed E-state index contributed by atoms with van der Waals surface area (Å²) in [5, 5.41) is 0. The van der Waals surface area contributed by atoms with Gasteiger partial charge in [0, 0.05) is 41.9 Å². The van der Waals surface area contributed by atoms with Crippen LogP contribution in [0.1, 0.15) is 20.7 Å². The standard InChI is InChI=1S/C18H17BrFN3O2/c19-13-3-6-16(20)15(11-13)18(25)23-9-7-22(8-10-23)14-4-1-12(2-5-14)17(21)24/h1-6,11H,7-10H2,(H2,21,24). The fourth-order valence-electron chi connectivity index (χ4n) is 2.84. The van der Waals surface area contributed by atoms with Gasteiger partial charge in [-0.3, -0.25) is 9.59 Å². The monoisotopic (exact) mass is 405 g/mol. The Labute approximate surface area is 153 Å². The number of halogens is 2. The lowest BCUT2D eigenvalue weighted by Crippen LogP contribution is -2.49. The van der Waals surface area contributed by atoms with Crippen LogP contribution in [0.4, 0.5) is 10.1 Å². The number of rotatable bonds is 3. The molecule has 0 atom stereocenters. The molecule has 0 saturated carbocycles. The Morgan fingerprint density at radius 2 is 1.64 bits per heavy atom. The fraction of sp³-hybridized carbons (Fsp3) is 0.222. The molecule has 1 aliphatic rings. The molecule has 25 heavy (non-hydrogen) atoms. The molecule has 2 amide bonds. The molecule has 2 N–H and O–H groups in total. The Kier molecular flexibility index (Phi) is 5.03. The number of carbonyl (C=O) groups is 2. The van der Waals surface area contributed by atoms with Crippen molar-refractivity contribution < 1.29 is 14.0 Å². The second-order valence-electron chi connectivity index (χ2n) is 5.81. The average Bonchev–Trinajstić information content (AvgIpc) is 2.63. The van der Waals surface area contributed by atoms with Crippen LogP contribution in [0.3, 0.4) is 0 Å². The van der Waals surface area contributed by atoms with Gasteiger partial charge < -0.3 is 15.5 Å². The minimum absolute atomic E-state index is 0.0774. The van der Waals surface area contributed by atoms with Crippen molar-refractivity contribution in [3.05, 3.63) is 63.9 Å². The molecular formula is C18H17BrFN3O2. The lowest BCUT2D eigenvalue weighted by atomic mass is 10.1. The van der Waals surface area contributed by atoms with Gasteiger partial charge >= 0.3 is 0 Å². The van der Waals surface area contributed by atoms with Gasteiger partial charge in [0.2, 0.25) is 5.91 Å². The molecule has 7 heteroatoms. The zero-order valence-electron chi connectivity index (χ0n) is 13.4. The topological polar surface area (TPSA) is 66.6 Å². The van der Waals surface area contributed by atoms with Gasteiger partial charge in [-0.2, -0.15) is 0 Å². The van der Waals surface area contributed by atoms with Gasteiger partial charge in [0.15, 0.2) is 0 Å². The van der Waals surface area contributed by atoms with E-state index in [0.29, 0.717) is 36.2 Å². The summed E-state index contributed by atoms with van der Waals surface area (Å²) < 4.78 is 14.6. The van der Waals surface area contributed by atoms with Gasteiger partial charge in [-0.25, -0.2) is 4.39 Å². The molecule has 2 aromatic rings. The number of hydrogen-bond donors (Lipinski definition) is 1. The van der Waals surface area contributed by atoms with E-state index in [-0.39, 0.29) is 11.5 Å². The molecule has 3 rings (SSSR count). The summed E-state index contributed by atoms with van der Waals surface area (Å²) in [6.45, 7) is 2.28. The molecule has 0 radical (unpaired) electrons. The van der Waals surface area contributed by atoms with Gasteiger partial charge in [-0.1, -0.05) is 15.9 Å². The van der Waals surface area contributed by atoms with Crippen LogP contribution in [-0.4, -0.2) is 42.9 Å². The van der Waals surface area contributed by atoms with Crippen molar-refractivity contribution in [1.29, 1.82) is 0 Å². The minimum Gasteiger partial charge on any atom is -0.368 e. The first-order valence-corrected chi connectivity index (χ1v) is 8.64. The van der Waals surface area contributed by atoms with Crippen LogP contribution in [0.5, 0.6) is 0 Å². The summed E-state index contributed by atoms with van der Waals surface area (Å²) >= 11 is 3.27. The number of nitrogens with two attached hydrogens (primary N) is 1. The normalized spacial score (nSPS) is 14.5. The summed E-state index contributed by atoms with van der Waals surface area (Å²) in [6.07, 6.45) is 0. The van der Waals surface area contributed by atoms with Gasteiger partial charge in [0.25, 0.3) is 5.91 Å². The zero-order valence-corrected chi connectivity index (χ0v) is 15.0. The first-order chi connectivity index (χ1) is 12.0. The third-order valence-corrected chi connectivity index (χ3v) is 4.74. The van der Waals surface area contributed by atoms with Crippen molar-refractivity contribution in [1.82, 2.24) is 4.90 Å². The second-order valence-corrected chi connectivity index (χ2v) is 6.73. The summed E-state index contributed by atoms with van der Waals surface area (Å²) in [6, 6.07) is 11.4. The number of carbonyl (C=O) groups excluding carboxylic acids is 2. The Bertz CT molecular complexity index is 802. The highest BCUT2D eigenvalue weighted by molar-refractivity contribution is 9.10. The molecule has 0 unspecified atom stereocenters. The summed E-state index contributed by atoms with van der Waals surface area (Å²) in [5.41, 5.74) is 6.74. The lowest BCUT2D eigenvalue weighted by molar-refractivity contribution is 0.0741. The van der Waals surface area contributed by atoms with Gasteiger partial charge in [-0.15, -0.1) is 0 Å². The van der Waals surface area contributed by atoms with E-state index < -0.39 is 11.7 Å². The van der Waals surface area contributed by atoms with Crippen molar-refractivity contribution >= 4 is 33.4 Å².